The molecule has 0 radical (unpaired) electrons. The van der Waals surface area contributed by atoms with E-state index >= 15 is 0 Å². The van der Waals surface area contributed by atoms with Crippen molar-refractivity contribution in [2.75, 3.05) is 0 Å². The molecule has 135 heavy (non-hydrogen) atoms. The number of benzene rings is 18. The van der Waals surface area contributed by atoms with E-state index in [1.807, 2.05) is 190 Å². The van der Waals surface area contributed by atoms with Crippen LogP contribution in [0.5, 0.6) is 0 Å². The van der Waals surface area contributed by atoms with Gasteiger partial charge in [-0.2, -0.15) is 0 Å². The fourth-order valence-electron chi connectivity index (χ4n) is 22.4. The summed E-state index contributed by atoms with van der Waals surface area (Å²) < 4.78 is 20.1. The first-order valence-corrected chi connectivity index (χ1v) is 47.6. The highest BCUT2D eigenvalue weighted by Gasteiger charge is 2.31. The zero-order valence-electron chi connectivity index (χ0n) is 71.7. The van der Waals surface area contributed by atoms with Crippen molar-refractivity contribution in [2.24, 2.45) is 0 Å². The fraction of sp³-hybridized carbons (Fsp3) is 0. The molecule has 628 valence electrons. The first-order chi connectivity index (χ1) is 66.8. The topological polar surface area (TPSA) is 119 Å². The van der Waals surface area contributed by atoms with E-state index in [1.54, 1.807) is 9.13 Å². The monoisotopic (exact) mass is 1780 g/mol. The van der Waals surface area contributed by atoms with E-state index in [-0.39, 0.29) is 16.7 Å². The quantitative estimate of drug-likeness (QED) is 0.158. The summed E-state index contributed by atoms with van der Waals surface area (Å²) in [5.41, 5.74) is 13.3. The Morgan fingerprint density at radius 1 is 0.193 bits per heavy atom. The molecule has 31 rings (SSSR count). The molecule has 0 saturated heterocycles. The smallest absolute Gasteiger partial charge is 0.265 e. The standard InChI is InChI=1S/C40H21N3OS.2C40H23N3OS/c44-40-25-14-4-1-11-22(25)29-21-41-39(35-27-16-6-9-19-31(27)43(40)36(29)35)42-30-18-8-5-15-26(30)33-23-12-2-3-13-24(23)34-28-17-7-10-20-32(28)45-38(34)37(33)42;44-40-30-22-23-34(41-37(30)28-17-7-10-20-32(28)42(40)24-12-2-1-3-13-24)43-31-19-9-6-16-27(31)35-25-14-4-5-15-26(25)36-29-18-8-11-21-33(29)45-39(36)38(35)43;44-40-28-17-7-6-16-27(28)37-32(42(40)24-12-2-1-3-13-24)22-23-34(41-37)43-31-20-10-8-18-29(31)35-25-14-4-5-15-26(25)36-30-19-9-11-21-33(30)45-39(36)38(35)43/h1-21H;2*1-23H. The molecule has 13 heterocycles. The van der Waals surface area contributed by atoms with Gasteiger partial charge in [0.1, 0.15) is 17.5 Å². The van der Waals surface area contributed by atoms with Crippen LogP contribution in [-0.2, 0) is 0 Å². The molecule has 12 nitrogen and oxygen atoms in total. The normalized spacial score (nSPS) is 12.2. The van der Waals surface area contributed by atoms with Crippen molar-refractivity contribution in [3.8, 4) is 28.8 Å². The summed E-state index contributed by atoms with van der Waals surface area (Å²) >= 11 is 5.53. The third-order valence-electron chi connectivity index (χ3n) is 27.9. The van der Waals surface area contributed by atoms with Gasteiger partial charge in [0.05, 0.1) is 91.1 Å². The second-order valence-corrected chi connectivity index (χ2v) is 38.0. The molecule has 0 aliphatic carbocycles. The number of nitrogens with zero attached hydrogens (tertiary/aromatic N) is 9. The minimum Gasteiger partial charge on any atom is -0.292 e. The molecular weight excluding hydrogens is 1710 g/mol. The third kappa shape index (κ3) is 10.6. The lowest BCUT2D eigenvalue weighted by Gasteiger charge is -2.15. The van der Waals surface area contributed by atoms with Crippen LogP contribution in [0, 0.1) is 0 Å². The zero-order chi connectivity index (χ0) is 88.7. The Labute approximate surface area is 776 Å². The van der Waals surface area contributed by atoms with Crippen molar-refractivity contribution in [1.82, 2.24) is 42.2 Å². The summed E-state index contributed by atoms with van der Waals surface area (Å²) in [5.74, 6) is 2.46. The first kappa shape index (κ1) is 75.5. The molecule has 0 aliphatic rings. The Balaban J connectivity index is 0.0000000984. The van der Waals surface area contributed by atoms with Gasteiger partial charge in [-0.3, -0.25) is 41.6 Å². The molecule has 0 atom stereocenters. The van der Waals surface area contributed by atoms with Crippen LogP contribution in [0.1, 0.15) is 0 Å². The number of hydrogen-bond donors (Lipinski definition) is 0. The van der Waals surface area contributed by atoms with Gasteiger partial charge in [0, 0.05) is 129 Å². The summed E-state index contributed by atoms with van der Waals surface area (Å²) in [6, 6.07) is 138. The molecule has 0 amide bonds. The van der Waals surface area contributed by atoms with Gasteiger partial charge in [-0.05, 0) is 147 Å². The number of hydrogen-bond acceptors (Lipinski definition) is 9. The van der Waals surface area contributed by atoms with Gasteiger partial charge < -0.3 is 0 Å². The number of pyridine rings is 6. The molecular formula is C120H67N9O3S3. The van der Waals surface area contributed by atoms with Gasteiger partial charge in [0.15, 0.2) is 0 Å². The van der Waals surface area contributed by atoms with E-state index < -0.39 is 0 Å². The highest BCUT2D eigenvalue weighted by molar-refractivity contribution is 7.28. The van der Waals surface area contributed by atoms with Crippen LogP contribution in [0.3, 0.4) is 0 Å². The number of para-hydroxylation sites is 7. The molecule has 18 aromatic carbocycles. The largest absolute Gasteiger partial charge is 0.292 e. The summed E-state index contributed by atoms with van der Waals surface area (Å²) in [7, 11) is 0. The number of aromatic nitrogens is 9. The molecule has 0 fully saturated rings. The number of rotatable bonds is 5. The lowest BCUT2D eigenvalue weighted by molar-refractivity contribution is 1.04. The van der Waals surface area contributed by atoms with E-state index in [9.17, 15) is 14.4 Å². The Morgan fingerprint density at radius 2 is 0.511 bits per heavy atom. The second-order valence-electron chi connectivity index (χ2n) is 34.8. The van der Waals surface area contributed by atoms with Crippen LogP contribution >= 0.6 is 34.0 Å². The minimum absolute atomic E-state index is 0.00145. The average Bonchev–Trinajstić information content (AvgIpc) is 1.53. The van der Waals surface area contributed by atoms with E-state index in [2.05, 4.69) is 268 Å². The fourth-order valence-corrected chi connectivity index (χ4v) is 26.2. The van der Waals surface area contributed by atoms with Gasteiger partial charge in [-0.25, -0.2) is 15.0 Å². The maximum Gasteiger partial charge on any atom is 0.265 e. The Kier molecular flexibility index (Phi) is 16.1. The van der Waals surface area contributed by atoms with Crippen LogP contribution < -0.4 is 16.7 Å². The van der Waals surface area contributed by atoms with Gasteiger partial charge in [0.25, 0.3) is 16.7 Å². The molecule has 0 bridgehead atoms. The Hall–Kier alpha value is -17.3. The predicted octanol–water partition coefficient (Wildman–Crippen LogP) is 30.5. The Morgan fingerprint density at radius 3 is 0.978 bits per heavy atom. The molecule has 15 heteroatoms. The summed E-state index contributed by atoms with van der Waals surface area (Å²) in [6.45, 7) is 0. The molecule has 31 aromatic rings. The second kappa shape index (κ2) is 28.8. The molecule has 0 unspecified atom stereocenters. The minimum atomic E-state index is -0.0749. The molecule has 0 spiro atoms. The van der Waals surface area contributed by atoms with E-state index in [0.29, 0.717) is 21.7 Å². The lowest BCUT2D eigenvalue weighted by Crippen LogP contribution is -2.19. The van der Waals surface area contributed by atoms with E-state index in [0.717, 1.165) is 116 Å². The molecule has 0 N–H and O–H groups in total. The van der Waals surface area contributed by atoms with Crippen LogP contribution in [0.15, 0.2) is 421 Å². The summed E-state index contributed by atoms with van der Waals surface area (Å²) in [4.78, 5) is 58.2. The summed E-state index contributed by atoms with van der Waals surface area (Å²) in [5, 5.41) is 30.1. The highest BCUT2D eigenvalue weighted by atomic mass is 32.1. The Bertz CT molecular complexity index is 10900. The maximum atomic E-state index is 14.2. The summed E-state index contributed by atoms with van der Waals surface area (Å²) in [6.07, 6.45) is 1.97. The van der Waals surface area contributed by atoms with Crippen molar-refractivity contribution >= 4 is 274 Å². The molecule has 0 aliphatic heterocycles. The average molecular weight is 1780 g/mol. The van der Waals surface area contributed by atoms with Crippen LogP contribution in [0.25, 0.3) is 269 Å². The lowest BCUT2D eigenvalue weighted by atomic mass is 9.99. The van der Waals surface area contributed by atoms with Crippen molar-refractivity contribution < 1.29 is 0 Å². The van der Waals surface area contributed by atoms with Gasteiger partial charge in [-0.1, -0.05) is 291 Å². The molecule has 0 saturated carbocycles. The maximum absolute atomic E-state index is 14.2. The van der Waals surface area contributed by atoms with Crippen molar-refractivity contribution in [3.63, 3.8) is 0 Å². The predicted molar refractivity (Wildman–Crippen MR) is 569 cm³/mol. The number of fused-ring (bicyclic) bond motifs is 41. The SMILES string of the molecule is O=c1c2ccc(-n3c4ccccc4c4c5ccccc5c5c6ccccc6sc5c43)nc2c2ccccc2n1-c1ccccc1.O=c1c2ccccc2c2cnc(-n3c4ccccc4c4c5ccccc5c5c6ccccc6sc5c43)c3c4ccccc4n1c23.O=c1c2ccccc2c2nc(-n3c4ccccc4c4c5ccccc5c5c6ccccc6sc5c43)ccc2n1-c1ccccc1. The number of thiophene rings is 3. The van der Waals surface area contributed by atoms with Crippen LogP contribution in [0.2, 0.25) is 0 Å². The van der Waals surface area contributed by atoms with Crippen LogP contribution in [0.4, 0.5) is 0 Å². The zero-order valence-corrected chi connectivity index (χ0v) is 74.1. The van der Waals surface area contributed by atoms with E-state index in [4.69, 9.17) is 15.0 Å². The van der Waals surface area contributed by atoms with Crippen molar-refractivity contribution in [1.29, 1.82) is 0 Å². The highest BCUT2D eigenvalue weighted by Crippen LogP contribution is 2.53. The van der Waals surface area contributed by atoms with Gasteiger partial charge in [-0.15, -0.1) is 34.0 Å². The molecule has 13 aromatic heterocycles. The van der Waals surface area contributed by atoms with Gasteiger partial charge >= 0.3 is 0 Å². The van der Waals surface area contributed by atoms with Gasteiger partial charge in [0.2, 0.25) is 0 Å². The van der Waals surface area contributed by atoms with Crippen LogP contribution in [-0.4, -0.2) is 42.2 Å². The van der Waals surface area contributed by atoms with Crippen molar-refractivity contribution in [2.45, 2.75) is 0 Å². The first-order valence-electron chi connectivity index (χ1n) is 45.2. The third-order valence-corrected chi connectivity index (χ3v) is 31.4. The van der Waals surface area contributed by atoms with E-state index in [1.165, 1.54) is 131 Å². The van der Waals surface area contributed by atoms with Crippen molar-refractivity contribution in [3.05, 3.63) is 438 Å².